The average Bonchev–Trinajstić information content (AvgIpc) is 2.33. The van der Waals surface area contributed by atoms with E-state index in [0.717, 1.165) is 6.42 Å². The van der Waals surface area contributed by atoms with Crippen LogP contribution in [0.1, 0.15) is 59.3 Å². The van der Waals surface area contributed by atoms with Gasteiger partial charge in [-0.2, -0.15) is 0 Å². The molecule has 0 fully saturated rings. The summed E-state index contributed by atoms with van der Waals surface area (Å²) in [7, 11) is 0. The molecule has 0 spiro atoms. The van der Waals surface area contributed by atoms with Crippen LogP contribution in [-0.4, -0.2) is 35.0 Å². The van der Waals surface area contributed by atoms with E-state index in [0.29, 0.717) is 25.8 Å². The van der Waals surface area contributed by atoms with Crippen molar-refractivity contribution >= 4 is 17.8 Å². The van der Waals surface area contributed by atoms with Crippen LogP contribution in [0.25, 0.3) is 0 Å². The molecule has 0 bridgehead atoms. The number of carbonyl (C=O) groups is 3. The van der Waals surface area contributed by atoms with Gasteiger partial charge in [0.05, 0.1) is 0 Å². The molecule has 20 heavy (non-hydrogen) atoms. The van der Waals surface area contributed by atoms with Crippen molar-refractivity contribution in [2.45, 2.75) is 64.8 Å². The molecule has 0 aromatic rings. The van der Waals surface area contributed by atoms with Gasteiger partial charge in [-0.3, -0.25) is 14.4 Å². The van der Waals surface area contributed by atoms with Gasteiger partial charge in [-0.1, -0.05) is 6.92 Å². The molecular weight excluding hydrogens is 260 g/mol. The molecule has 6 heteroatoms. The van der Waals surface area contributed by atoms with Crippen molar-refractivity contribution in [3.05, 3.63) is 0 Å². The standard InChI is InChI=1S/C14H26N2O4/c1-4-10-15-11(17)6-5-7-12(18)16-14(2,3)9-8-13(19)20/h4-10H2,1-3H3,(H,15,17)(H,16,18)(H,19,20). The lowest BCUT2D eigenvalue weighted by molar-refractivity contribution is -0.138. The number of carboxylic acid groups (broad SMARTS) is 1. The van der Waals surface area contributed by atoms with Crippen molar-refractivity contribution in [1.82, 2.24) is 10.6 Å². The van der Waals surface area contributed by atoms with Crippen molar-refractivity contribution < 1.29 is 19.5 Å². The Morgan fingerprint density at radius 3 is 2.20 bits per heavy atom. The van der Waals surface area contributed by atoms with Gasteiger partial charge in [-0.15, -0.1) is 0 Å². The first-order valence-corrected chi connectivity index (χ1v) is 7.06. The summed E-state index contributed by atoms with van der Waals surface area (Å²) >= 11 is 0. The van der Waals surface area contributed by atoms with Gasteiger partial charge in [0.1, 0.15) is 0 Å². The van der Waals surface area contributed by atoms with E-state index >= 15 is 0 Å². The lowest BCUT2D eigenvalue weighted by atomic mass is 9.98. The SMILES string of the molecule is CCCNC(=O)CCCC(=O)NC(C)(C)CCC(=O)O. The highest BCUT2D eigenvalue weighted by molar-refractivity contribution is 5.79. The minimum absolute atomic E-state index is 0.0205. The zero-order valence-corrected chi connectivity index (χ0v) is 12.6. The Morgan fingerprint density at radius 2 is 1.65 bits per heavy atom. The predicted octanol–water partition coefficient (Wildman–Crippen LogP) is 1.44. The number of carboxylic acids is 1. The number of aliphatic carboxylic acids is 1. The van der Waals surface area contributed by atoms with Gasteiger partial charge in [0.25, 0.3) is 0 Å². The lowest BCUT2D eigenvalue weighted by Crippen LogP contribution is -2.43. The fraction of sp³-hybridized carbons (Fsp3) is 0.786. The summed E-state index contributed by atoms with van der Waals surface area (Å²) in [5, 5.41) is 14.2. The highest BCUT2D eigenvalue weighted by Crippen LogP contribution is 2.11. The van der Waals surface area contributed by atoms with E-state index in [-0.39, 0.29) is 24.7 Å². The molecular formula is C14H26N2O4. The Labute approximate surface area is 120 Å². The van der Waals surface area contributed by atoms with Crippen LogP contribution >= 0.6 is 0 Å². The molecule has 116 valence electrons. The molecule has 0 aliphatic carbocycles. The number of amides is 2. The van der Waals surface area contributed by atoms with Gasteiger partial charge < -0.3 is 15.7 Å². The number of hydrogen-bond donors (Lipinski definition) is 3. The second-order valence-corrected chi connectivity index (χ2v) is 5.53. The summed E-state index contributed by atoms with van der Waals surface area (Å²) in [4.78, 5) is 33.6. The minimum Gasteiger partial charge on any atom is -0.481 e. The molecule has 0 saturated heterocycles. The van der Waals surface area contributed by atoms with Crippen LogP contribution in [0.15, 0.2) is 0 Å². The van der Waals surface area contributed by atoms with E-state index in [2.05, 4.69) is 10.6 Å². The van der Waals surface area contributed by atoms with E-state index in [4.69, 9.17) is 5.11 Å². The highest BCUT2D eigenvalue weighted by Gasteiger charge is 2.21. The van der Waals surface area contributed by atoms with Crippen LogP contribution in [-0.2, 0) is 14.4 Å². The maximum Gasteiger partial charge on any atom is 0.303 e. The molecule has 0 aromatic heterocycles. The first-order valence-electron chi connectivity index (χ1n) is 7.06. The molecule has 2 amide bonds. The molecule has 0 radical (unpaired) electrons. The molecule has 0 aromatic carbocycles. The normalized spacial score (nSPS) is 10.9. The predicted molar refractivity (Wildman–Crippen MR) is 76.2 cm³/mol. The Balaban J connectivity index is 3.87. The van der Waals surface area contributed by atoms with Gasteiger partial charge in [0.15, 0.2) is 0 Å². The summed E-state index contributed by atoms with van der Waals surface area (Å²) in [6, 6.07) is 0. The quantitative estimate of drug-likeness (QED) is 0.566. The average molecular weight is 286 g/mol. The molecule has 0 aliphatic rings. The maximum absolute atomic E-state index is 11.7. The van der Waals surface area contributed by atoms with E-state index < -0.39 is 11.5 Å². The Hall–Kier alpha value is -1.59. The molecule has 0 saturated carbocycles. The van der Waals surface area contributed by atoms with Gasteiger partial charge in [-0.25, -0.2) is 0 Å². The summed E-state index contributed by atoms with van der Waals surface area (Å²) in [6.07, 6.45) is 2.40. The van der Waals surface area contributed by atoms with Crippen molar-refractivity contribution in [3.63, 3.8) is 0 Å². The van der Waals surface area contributed by atoms with E-state index in [9.17, 15) is 14.4 Å². The second kappa shape index (κ2) is 9.34. The molecule has 0 rings (SSSR count). The first-order chi connectivity index (χ1) is 9.26. The van der Waals surface area contributed by atoms with Crippen molar-refractivity contribution in [2.75, 3.05) is 6.54 Å². The topological polar surface area (TPSA) is 95.5 Å². The monoisotopic (exact) mass is 286 g/mol. The van der Waals surface area contributed by atoms with Crippen LogP contribution in [0.2, 0.25) is 0 Å². The third kappa shape index (κ3) is 10.3. The Kier molecular flexibility index (Phi) is 8.59. The van der Waals surface area contributed by atoms with Crippen molar-refractivity contribution in [1.29, 1.82) is 0 Å². The zero-order valence-electron chi connectivity index (χ0n) is 12.6. The summed E-state index contributed by atoms with van der Waals surface area (Å²) in [5.74, 6) is -1.06. The minimum atomic E-state index is -0.875. The van der Waals surface area contributed by atoms with Crippen LogP contribution in [0, 0.1) is 0 Å². The molecule has 0 unspecified atom stereocenters. The highest BCUT2D eigenvalue weighted by atomic mass is 16.4. The Morgan fingerprint density at radius 1 is 1.05 bits per heavy atom. The fourth-order valence-electron chi connectivity index (χ4n) is 1.68. The summed E-state index contributed by atoms with van der Waals surface area (Å²) in [5.41, 5.74) is -0.542. The van der Waals surface area contributed by atoms with Crippen LogP contribution in [0.3, 0.4) is 0 Å². The van der Waals surface area contributed by atoms with E-state index in [1.807, 2.05) is 6.92 Å². The first kappa shape index (κ1) is 18.4. The van der Waals surface area contributed by atoms with Crippen LogP contribution in [0.4, 0.5) is 0 Å². The molecule has 6 nitrogen and oxygen atoms in total. The van der Waals surface area contributed by atoms with E-state index in [1.165, 1.54) is 0 Å². The number of hydrogen-bond acceptors (Lipinski definition) is 3. The van der Waals surface area contributed by atoms with Crippen molar-refractivity contribution in [2.24, 2.45) is 0 Å². The third-order valence-electron chi connectivity index (χ3n) is 2.82. The van der Waals surface area contributed by atoms with Gasteiger partial charge in [0, 0.05) is 31.3 Å². The number of rotatable bonds is 10. The van der Waals surface area contributed by atoms with Gasteiger partial charge >= 0.3 is 5.97 Å². The lowest BCUT2D eigenvalue weighted by Gasteiger charge is -2.25. The van der Waals surface area contributed by atoms with Crippen LogP contribution in [0.5, 0.6) is 0 Å². The van der Waals surface area contributed by atoms with Crippen LogP contribution < -0.4 is 10.6 Å². The smallest absolute Gasteiger partial charge is 0.303 e. The van der Waals surface area contributed by atoms with Gasteiger partial charge in [-0.05, 0) is 33.1 Å². The largest absolute Gasteiger partial charge is 0.481 e. The number of carbonyl (C=O) groups excluding carboxylic acids is 2. The van der Waals surface area contributed by atoms with Crippen molar-refractivity contribution in [3.8, 4) is 0 Å². The number of nitrogens with one attached hydrogen (secondary N) is 2. The molecule has 3 N–H and O–H groups in total. The second-order valence-electron chi connectivity index (χ2n) is 5.53. The molecule has 0 aliphatic heterocycles. The summed E-state index contributed by atoms with van der Waals surface area (Å²) in [6.45, 7) is 6.23. The summed E-state index contributed by atoms with van der Waals surface area (Å²) < 4.78 is 0. The zero-order chi connectivity index (χ0) is 15.6. The third-order valence-corrected chi connectivity index (χ3v) is 2.82. The van der Waals surface area contributed by atoms with Gasteiger partial charge in [0.2, 0.25) is 11.8 Å². The maximum atomic E-state index is 11.7. The Bertz CT molecular complexity index is 340. The molecule has 0 atom stereocenters. The molecule has 0 heterocycles. The van der Waals surface area contributed by atoms with E-state index in [1.54, 1.807) is 13.8 Å². The fourth-order valence-corrected chi connectivity index (χ4v) is 1.68.